The summed E-state index contributed by atoms with van der Waals surface area (Å²) >= 11 is 0. The van der Waals surface area contributed by atoms with Crippen LogP contribution in [-0.2, 0) is 23.8 Å². The molecule has 4 rings (SSSR count). The minimum Gasteiger partial charge on any atom is -0.459 e. The van der Waals surface area contributed by atoms with Gasteiger partial charge in [0, 0.05) is 25.3 Å². The molecule has 1 aliphatic carbocycles. The summed E-state index contributed by atoms with van der Waals surface area (Å²) in [5.41, 5.74) is 2.04. The first-order chi connectivity index (χ1) is 14.7. The molecule has 0 radical (unpaired) electrons. The number of allylic oxidation sites excluding steroid dienone is 1. The minimum atomic E-state index is -0.720. The van der Waals surface area contributed by atoms with Crippen LogP contribution in [0.1, 0.15) is 59.4 Å². The topological polar surface area (TPSA) is 61.8 Å². The molecule has 5 atom stereocenters. The molecule has 2 aliphatic heterocycles. The van der Waals surface area contributed by atoms with Crippen molar-refractivity contribution in [3.63, 3.8) is 0 Å². The second-order valence-corrected chi connectivity index (χ2v) is 9.59. The number of ether oxygens (including phenoxy) is 3. The van der Waals surface area contributed by atoms with E-state index in [0.29, 0.717) is 6.42 Å². The zero-order valence-corrected chi connectivity index (χ0v) is 19.0. The number of carbonyl (C=O) groups excluding carboxylic acids is 2. The van der Waals surface area contributed by atoms with Gasteiger partial charge < -0.3 is 14.2 Å². The highest BCUT2D eigenvalue weighted by Gasteiger charge is 2.69. The molecule has 0 N–H and O–H groups in total. The van der Waals surface area contributed by atoms with Crippen LogP contribution in [-0.4, -0.2) is 35.3 Å². The highest BCUT2D eigenvalue weighted by Crippen LogP contribution is 2.61. The standard InChI is InChI=1S/C26H32O5/c1-16(2)26-15-21(29-18(4)27)25(5,31-26)20-13-11-17(3)23(20)24(26)30-22(28)14-12-19-9-7-6-8-10-19/h6-10,12,14,16,20-21,24H,11,13,15H2,1-5H3/b14-12+/t20-,21-,24+,25+,26-/m1/s1. The lowest BCUT2D eigenvalue weighted by atomic mass is 9.74. The summed E-state index contributed by atoms with van der Waals surface area (Å²) in [5.74, 6) is -0.545. The number of benzene rings is 1. The van der Waals surface area contributed by atoms with Crippen molar-refractivity contribution >= 4 is 18.0 Å². The van der Waals surface area contributed by atoms with Crippen molar-refractivity contribution in [2.45, 2.75) is 77.3 Å². The van der Waals surface area contributed by atoms with Gasteiger partial charge in [0.1, 0.15) is 17.3 Å². The number of rotatable bonds is 5. The van der Waals surface area contributed by atoms with Crippen molar-refractivity contribution < 1.29 is 23.8 Å². The molecule has 3 aliphatic rings. The summed E-state index contributed by atoms with van der Waals surface area (Å²) < 4.78 is 18.7. The van der Waals surface area contributed by atoms with Gasteiger partial charge in [-0.3, -0.25) is 4.79 Å². The maximum atomic E-state index is 12.9. The van der Waals surface area contributed by atoms with Gasteiger partial charge in [0.25, 0.3) is 0 Å². The van der Waals surface area contributed by atoms with Gasteiger partial charge in [-0.15, -0.1) is 0 Å². The zero-order chi connectivity index (χ0) is 22.4. The van der Waals surface area contributed by atoms with Gasteiger partial charge in [-0.1, -0.05) is 49.8 Å². The summed E-state index contributed by atoms with van der Waals surface area (Å²) in [6.45, 7) is 9.79. The van der Waals surface area contributed by atoms with Crippen LogP contribution in [0.4, 0.5) is 0 Å². The molecule has 1 aromatic rings. The largest absolute Gasteiger partial charge is 0.459 e. The molecule has 0 amide bonds. The third kappa shape index (κ3) is 3.63. The quantitative estimate of drug-likeness (QED) is 0.384. The van der Waals surface area contributed by atoms with Gasteiger partial charge in [-0.05, 0) is 49.8 Å². The van der Waals surface area contributed by atoms with Crippen LogP contribution < -0.4 is 0 Å². The number of carbonyl (C=O) groups is 2. The van der Waals surface area contributed by atoms with Gasteiger partial charge >= 0.3 is 11.9 Å². The molecule has 2 heterocycles. The summed E-state index contributed by atoms with van der Waals surface area (Å²) in [5, 5.41) is 0. The second-order valence-electron chi connectivity index (χ2n) is 9.59. The summed E-state index contributed by atoms with van der Waals surface area (Å²) in [6, 6.07) is 9.68. The fourth-order valence-corrected chi connectivity index (χ4v) is 5.75. The number of fused-ring (bicyclic) bond motifs is 4. The maximum Gasteiger partial charge on any atom is 0.331 e. The fraction of sp³-hybridized carbons (Fsp3) is 0.538. The normalized spacial score (nSPS) is 34.3. The number of hydrogen-bond donors (Lipinski definition) is 0. The molecule has 2 saturated heterocycles. The molecule has 5 heteroatoms. The highest BCUT2D eigenvalue weighted by atomic mass is 16.6. The van der Waals surface area contributed by atoms with Crippen molar-refractivity contribution in [2.75, 3.05) is 0 Å². The fourth-order valence-electron chi connectivity index (χ4n) is 5.75. The molecule has 2 bridgehead atoms. The van der Waals surface area contributed by atoms with Crippen LogP contribution in [0, 0.1) is 11.8 Å². The molecule has 0 spiro atoms. The summed E-state index contributed by atoms with van der Waals surface area (Å²) in [6.07, 6.45) is 4.78. The lowest BCUT2D eigenvalue weighted by Gasteiger charge is -2.50. The Labute approximate surface area is 184 Å². The first-order valence-corrected chi connectivity index (χ1v) is 11.2. The van der Waals surface area contributed by atoms with E-state index in [1.807, 2.05) is 30.3 Å². The van der Waals surface area contributed by atoms with Crippen LogP contribution in [0.15, 0.2) is 47.6 Å². The van der Waals surface area contributed by atoms with Gasteiger partial charge in [0.15, 0.2) is 6.10 Å². The van der Waals surface area contributed by atoms with E-state index in [9.17, 15) is 9.59 Å². The Balaban J connectivity index is 1.69. The van der Waals surface area contributed by atoms with Gasteiger partial charge in [-0.25, -0.2) is 4.79 Å². The predicted octanol–water partition coefficient (Wildman–Crippen LogP) is 4.86. The van der Waals surface area contributed by atoms with Crippen molar-refractivity contribution in [3.05, 3.63) is 53.1 Å². The molecule has 5 nitrogen and oxygen atoms in total. The molecule has 0 saturated carbocycles. The van der Waals surface area contributed by atoms with Gasteiger partial charge in [0.05, 0.1) is 0 Å². The Morgan fingerprint density at radius 2 is 1.90 bits per heavy atom. The van der Waals surface area contributed by atoms with Crippen LogP contribution in [0.25, 0.3) is 6.08 Å². The van der Waals surface area contributed by atoms with Crippen molar-refractivity contribution in [2.24, 2.45) is 11.8 Å². The van der Waals surface area contributed by atoms with Crippen LogP contribution in [0.2, 0.25) is 0 Å². The first-order valence-electron chi connectivity index (χ1n) is 11.2. The first kappa shape index (κ1) is 21.8. The lowest BCUT2D eigenvalue weighted by Crippen LogP contribution is -2.58. The zero-order valence-electron chi connectivity index (χ0n) is 19.0. The maximum absolute atomic E-state index is 12.9. The lowest BCUT2D eigenvalue weighted by molar-refractivity contribution is -0.222. The SMILES string of the molecule is CC(=O)O[C@@H]1C[C@]2(C(C)C)O[C@@]1(C)[C@@H]1CCC(C)=C1[C@@H]2OC(=O)/C=C/c1ccccc1. The van der Waals surface area contributed by atoms with E-state index in [1.54, 1.807) is 6.08 Å². The average molecular weight is 425 g/mol. The molecule has 31 heavy (non-hydrogen) atoms. The molecule has 2 fully saturated rings. The van der Waals surface area contributed by atoms with Gasteiger partial charge in [0.2, 0.25) is 0 Å². The van der Waals surface area contributed by atoms with E-state index in [1.165, 1.54) is 24.1 Å². The van der Waals surface area contributed by atoms with E-state index in [-0.39, 0.29) is 29.9 Å². The molecular formula is C26H32O5. The Bertz CT molecular complexity index is 930. The molecule has 1 aromatic carbocycles. The van der Waals surface area contributed by atoms with Crippen molar-refractivity contribution in [1.82, 2.24) is 0 Å². The Morgan fingerprint density at radius 3 is 2.55 bits per heavy atom. The van der Waals surface area contributed by atoms with E-state index in [4.69, 9.17) is 14.2 Å². The Morgan fingerprint density at radius 1 is 1.19 bits per heavy atom. The smallest absolute Gasteiger partial charge is 0.331 e. The van der Waals surface area contributed by atoms with E-state index >= 15 is 0 Å². The molecule has 0 unspecified atom stereocenters. The molecule has 0 aromatic heterocycles. The number of hydrogen-bond acceptors (Lipinski definition) is 5. The summed E-state index contributed by atoms with van der Waals surface area (Å²) in [7, 11) is 0. The Hall–Kier alpha value is -2.40. The third-order valence-electron chi connectivity index (χ3n) is 7.38. The van der Waals surface area contributed by atoms with Crippen LogP contribution in [0.5, 0.6) is 0 Å². The molecular weight excluding hydrogens is 392 g/mol. The molecule has 166 valence electrons. The Kier molecular flexibility index (Phi) is 5.59. The van der Waals surface area contributed by atoms with E-state index < -0.39 is 17.3 Å². The number of esters is 2. The van der Waals surface area contributed by atoms with Crippen LogP contribution >= 0.6 is 0 Å². The minimum absolute atomic E-state index is 0.0714. The van der Waals surface area contributed by atoms with Gasteiger partial charge in [-0.2, -0.15) is 0 Å². The van der Waals surface area contributed by atoms with E-state index in [0.717, 1.165) is 18.4 Å². The van der Waals surface area contributed by atoms with Crippen molar-refractivity contribution in [3.8, 4) is 0 Å². The highest BCUT2D eigenvalue weighted by molar-refractivity contribution is 5.87. The van der Waals surface area contributed by atoms with Crippen molar-refractivity contribution in [1.29, 1.82) is 0 Å². The monoisotopic (exact) mass is 424 g/mol. The predicted molar refractivity (Wildman–Crippen MR) is 118 cm³/mol. The third-order valence-corrected chi connectivity index (χ3v) is 7.38. The van der Waals surface area contributed by atoms with E-state index in [2.05, 4.69) is 27.7 Å². The summed E-state index contributed by atoms with van der Waals surface area (Å²) in [4.78, 5) is 24.7. The average Bonchev–Trinajstić information content (AvgIpc) is 3.23. The second kappa shape index (κ2) is 7.94. The van der Waals surface area contributed by atoms with Crippen LogP contribution in [0.3, 0.4) is 0 Å².